The highest BCUT2D eigenvalue weighted by molar-refractivity contribution is 7.99. The zero-order valence-electron chi connectivity index (χ0n) is 15.3. The van der Waals surface area contributed by atoms with E-state index in [0.717, 1.165) is 61.3 Å². The van der Waals surface area contributed by atoms with Gasteiger partial charge in [0.05, 0.1) is 11.9 Å². The number of anilines is 2. The molecular formula is C20H20ClFN4OS. The molecule has 1 spiro atoms. The van der Waals surface area contributed by atoms with Gasteiger partial charge in [-0.25, -0.2) is 14.2 Å². The van der Waals surface area contributed by atoms with E-state index in [9.17, 15) is 9.18 Å². The number of hydrogen-bond donors (Lipinski definition) is 0. The van der Waals surface area contributed by atoms with Crippen molar-refractivity contribution in [1.82, 2.24) is 9.88 Å². The molecule has 0 unspecified atom stereocenters. The summed E-state index contributed by atoms with van der Waals surface area (Å²) >= 11 is 7.90. The molecule has 1 aromatic heterocycles. The number of rotatable bonds is 1. The zero-order valence-corrected chi connectivity index (χ0v) is 16.8. The van der Waals surface area contributed by atoms with Gasteiger partial charge >= 0.3 is 6.03 Å². The Balaban J connectivity index is 1.24. The van der Waals surface area contributed by atoms with E-state index in [-0.39, 0.29) is 17.3 Å². The van der Waals surface area contributed by atoms with Crippen LogP contribution in [0.3, 0.4) is 0 Å². The molecule has 2 amide bonds. The van der Waals surface area contributed by atoms with Crippen LogP contribution in [0.4, 0.5) is 20.7 Å². The number of halogens is 2. The van der Waals surface area contributed by atoms with Crippen LogP contribution in [0.5, 0.6) is 0 Å². The average molecular weight is 419 g/mol. The Morgan fingerprint density at radius 2 is 2.00 bits per heavy atom. The van der Waals surface area contributed by atoms with Gasteiger partial charge in [-0.15, -0.1) is 11.8 Å². The summed E-state index contributed by atoms with van der Waals surface area (Å²) in [5, 5.41) is 0.701. The molecule has 2 saturated heterocycles. The van der Waals surface area contributed by atoms with Gasteiger partial charge in [-0.2, -0.15) is 0 Å². The van der Waals surface area contributed by atoms with Crippen LogP contribution in [-0.4, -0.2) is 54.4 Å². The van der Waals surface area contributed by atoms with Crippen LogP contribution in [0.1, 0.15) is 6.42 Å². The first-order valence-electron chi connectivity index (χ1n) is 9.38. The first kappa shape index (κ1) is 18.1. The lowest BCUT2D eigenvalue weighted by Gasteiger charge is -2.60. The summed E-state index contributed by atoms with van der Waals surface area (Å²) in [5.41, 5.74) is 1.11. The van der Waals surface area contributed by atoms with Crippen LogP contribution in [-0.2, 0) is 0 Å². The van der Waals surface area contributed by atoms with E-state index in [2.05, 4.69) is 9.88 Å². The quantitative estimate of drug-likeness (QED) is 0.698. The minimum Gasteiger partial charge on any atom is -0.355 e. The summed E-state index contributed by atoms with van der Waals surface area (Å²) in [6, 6.07) is 8.98. The van der Waals surface area contributed by atoms with Gasteiger partial charge < -0.3 is 9.80 Å². The number of nitrogens with zero attached hydrogens (tertiary/aromatic N) is 4. The number of amides is 2. The molecule has 0 aliphatic carbocycles. The first-order chi connectivity index (χ1) is 13.5. The second-order valence-corrected chi connectivity index (χ2v) is 9.37. The van der Waals surface area contributed by atoms with Crippen molar-refractivity contribution >= 4 is 40.9 Å². The largest absolute Gasteiger partial charge is 0.355 e. The second-order valence-electron chi connectivity index (χ2n) is 7.80. The maximum absolute atomic E-state index is 13.1. The summed E-state index contributed by atoms with van der Waals surface area (Å²) in [6.07, 6.45) is 2.21. The third kappa shape index (κ3) is 3.10. The van der Waals surface area contributed by atoms with E-state index in [1.54, 1.807) is 17.8 Å². The lowest BCUT2D eigenvalue weighted by atomic mass is 9.73. The number of likely N-dealkylation sites (tertiary alicyclic amines) is 1. The molecule has 0 N–H and O–H groups in total. The van der Waals surface area contributed by atoms with Crippen LogP contribution in [0, 0.1) is 11.2 Å². The molecule has 2 aromatic rings. The summed E-state index contributed by atoms with van der Waals surface area (Å²) < 4.78 is 13.0. The Morgan fingerprint density at radius 3 is 2.75 bits per heavy atom. The van der Waals surface area contributed by atoms with Crippen LogP contribution < -0.4 is 9.80 Å². The van der Waals surface area contributed by atoms with Crippen molar-refractivity contribution in [1.29, 1.82) is 0 Å². The van der Waals surface area contributed by atoms with Gasteiger partial charge in [0.25, 0.3) is 0 Å². The topological polar surface area (TPSA) is 39.7 Å². The van der Waals surface area contributed by atoms with E-state index in [1.165, 1.54) is 12.3 Å². The smallest absolute Gasteiger partial charge is 0.324 e. The molecule has 2 fully saturated rings. The molecule has 0 radical (unpaired) electrons. The molecule has 0 atom stereocenters. The Labute approximate surface area is 172 Å². The highest BCUT2D eigenvalue weighted by Gasteiger charge is 2.54. The molecule has 0 bridgehead atoms. The molecule has 4 heterocycles. The van der Waals surface area contributed by atoms with Crippen molar-refractivity contribution < 1.29 is 9.18 Å². The Morgan fingerprint density at radius 1 is 1.18 bits per heavy atom. The molecule has 3 aliphatic rings. The number of pyridine rings is 1. The lowest BCUT2D eigenvalue weighted by Crippen LogP contribution is -2.74. The number of thioether (sulfide) groups is 1. The molecule has 5 nitrogen and oxygen atoms in total. The van der Waals surface area contributed by atoms with Crippen molar-refractivity contribution in [2.45, 2.75) is 11.3 Å². The lowest BCUT2D eigenvalue weighted by molar-refractivity contribution is 0.00965. The standard InChI is InChI=1S/C20H20ClFN4OS/c21-14-2-4-16-17(8-14)28-7-1-6-26(16)19(27)25-12-20(13-25)10-24(11-20)18-5-3-15(22)9-23-18/h2-5,8-9H,1,6-7,10-13H2. The van der Waals surface area contributed by atoms with E-state index < -0.39 is 0 Å². The minimum absolute atomic E-state index is 0.0788. The molecule has 1 aromatic carbocycles. The van der Waals surface area contributed by atoms with Crippen molar-refractivity contribution in [2.75, 3.05) is 48.3 Å². The van der Waals surface area contributed by atoms with E-state index >= 15 is 0 Å². The van der Waals surface area contributed by atoms with Gasteiger partial charge in [0, 0.05) is 48.1 Å². The zero-order chi connectivity index (χ0) is 19.3. The highest BCUT2D eigenvalue weighted by atomic mass is 35.5. The molecule has 146 valence electrons. The summed E-state index contributed by atoms with van der Waals surface area (Å²) in [5.74, 6) is 1.46. The Kier molecular flexibility index (Phi) is 4.39. The predicted molar refractivity (Wildman–Crippen MR) is 110 cm³/mol. The van der Waals surface area contributed by atoms with E-state index in [0.29, 0.717) is 5.02 Å². The van der Waals surface area contributed by atoms with E-state index in [1.807, 2.05) is 28.0 Å². The molecule has 5 rings (SSSR count). The minimum atomic E-state index is -0.323. The Hall–Kier alpha value is -1.99. The van der Waals surface area contributed by atoms with Gasteiger partial charge in [0.1, 0.15) is 11.6 Å². The number of hydrogen-bond acceptors (Lipinski definition) is 4. The van der Waals surface area contributed by atoms with Crippen molar-refractivity contribution in [3.05, 3.63) is 47.4 Å². The second kappa shape index (κ2) is 6.81. The SMILES string of the molecule is O=C(N1CC2(C1)CN(c1ccc(F)cn1)C2)N1CCCSc2cc(Cl)ccc21. The maximum Gasteiger partial charge on any atom is 0.324 e. The highest BCUT2D eigenvalue weighted by Crippen LogP contribution is 2.43. The molecular weight excluding hydrogens is 399 g/mol. The van der Waals surface area contributed by atoms with Gasteiger partial charge in [-0.3, -0.25) is 4.90 Å². The van der Waals surface area contributed by atoms with Gasteiger partial charge in [-0.1, -0.05) is 11.6 Å². The normalized spacial score (nSPS) is 20.3. The Bertz CT molecular complexity index is 911. The van der Waals surface area contributed by atoms with Crippen LogP contribution in [0.15, 0.2) is 41.4 Å². The first-order valence-corrected chi connectivity index (χ1v) is 10.7. The van der Waals surface area contributed by atoms with Crippen molar-refractivity contribution in [3.63, 3.8) is 0 Å². The van der Waals surface area contributed by atoms with Crippen LogP contribution in [0.25, 0.3) is 0 Å². The number of aromatic nitrogens is 1. The monoisotopic (exact) mass is 418 g/mol. The number of carbonyl (C=O) groups excluding carboxylic acids is 1. The number of benzene rings is 1. The van der Waals surface area contributed by atoms with Crippen LogP contribution in [0.2, 0.25) is 5.02 Å². The number of urea groups is 1. The maximum atomic E-state index is 13.1. The number of fused-ring (bicyclic) bond motifs is 1. The fourth-order valence-corrected chi connectivity index (χ4v) is 5.57. The summed E-state index contributed by atoms with van der Waals surface area (Å²) in [7, 11) is 0. The van der Waals surface area contributed by atoms with Gasteiger partial charge in [-0.05, 0) is 42.5 Å². The number of carbonyl (C=O) groups is 1. The predicted octanol–water partition coefficient (Wildman–Crippen LogP) is 4.12. The van der Waals surface area contributed by atoms with E-state index in [4.69, 9.17) is 11.6 Å². The summed E-state index contributed by atoms with van der Waals surface area (Å²) in [6.45, 7) is 3.97. The van der Waals surface area contributed by atoms with Gasteiger partial charge in [0.15, 0.2) is 0 Å². The van der Waals surface area contributed by atoms with Crippen molar-refractivity contribution in [3.8, 4) is 0 Å². The fourth-order valence-electron chi connectivity index (χ4n) is 4.30. The average Bonchev–Trinajstić information content (AvgIpc) is 2.82. The fraction of sp³-hybridized carbons (Fsp3) is 0.400. The molecule has 28 heavy (non-hydrogen) atoms. The molecule has 0 saturated carbocycles. The van der Waals surface area contributed by atoms with Crippen LogP contribution >= 0.6 is 23.4 Å². The van der Waals surface area contributed by atoms with Gasteiger partial charge in [0.2, 0.25) is 0 Å². The third-order valence-electron chi connectivity index (χ3n) is 5.64. The third-order valence-corrected chi connectivity index (χ3v) is 7.00. The summed E-state index contributed by atoms with van der Waals surface area (Å²) in [4.78, 5) is 24.3. The molecule has 3 aliphatic heterocycles. The molecule has 8 heteroatoms. The van der Waals surface area contributed by atoms with Crippen molar-refractivity contribution in [2.24, 2.45) is 5.41 Å².